The Morgan fingerprint density at radius 2 is 1.70 bits per heavy atom. The quantitative estimate of drug-likeness (QED) is 0.646. The number of carboxylic acid groups (broad SMARTS) is 1. The number of hydrogen-bond acceptors (Lipinski definition) is 3. The first-order valence-corrected chi connectivity index (χ1v) is 6.28. The van der Waals surface area contributed by atoms with Crippen molar-refractivity contribution >= 4 is 12.0 Å². The van der Waals surface area contributed by atoms with Crippen molar-refractivity contribution in [1.29, 1.82) is 0 Å². The van der Waals surface area contributed by atoms with Gasteiger partial charge >= 0.3 is 5.97 Å². The number of aliphatic carboxylic acids is 1. The van der Waals surface area contributed by atoms with Crippen LogP contribution in [-0.4, -0.2) is 21.2 Å². The third kappa shape index (κ3) is 3.95. The summed E-state index contributed by atoms with van der Waals surface area (Å²) in [7, 11) is 0. The average molecular weight is 269 g/mol. The molecule has 2 aromatic rings. The van der Waals surface area contributed by atoms with Crippen LogP contribution in [0.5, 0.6) is 0 Å². The molecule has 0 bridgehead atoms. The number of aliphatic hydroxyl groups is 1. The standard InChI is InChI=1S/C16H15NO3/c18-15(16(19)20)10-14-9-8-13(11-17-14)7-6-12-4-2-1-3-5-12/h1-5,8-11,18H,6-7H2,(H,19,20)/b15-10-. The largest absolute Gasteiger partial charge is 0.502 e. The minimum Gasteiger partial charge on any atom is -0.502 e. The average Bonchev–Trinajstić information content (AvgIpc) is 2.47. The fourth-order valence-electron chi connectivity index (χ4n) is 1.80. The molecule has 0 aliphatic carbocycles. The SMILES string of the molecule is O=C(O)/C(O)=C/c1ccc(CCc2ccccc2)cn1. The molecule has 0 atom stereocenters. The van der Waals surface area contributed by atoms with Crippen LogP contribution in [0.3, 0.4) is 0 Å². The van der Waals surface area contributed by atoms with Crippen LogP contribution in [0.4, 0.5) is 0 Å². The van der Waals surface area contributed by atoms with Crippen molar-refractivity contribution in [2.75, 3.05) is 0 Å². The highest BCUT2D eigenvalue weighted by Crippen LogP contribution is 2.08. The van der Waals surface area contributed by atoms with Crippen molar-refractivity contribution in [1.82, 2.24) is 4.98 Å². The Balaban J connectivity index is 1.98. The van der Waals surface area contributed by atoms with Crippen LogP contribution in [-0.2, 0) is 17.6 Å². The maximum atomic E-state index is 10.5. The summed E-state index contributed by atoms with van der Waals surface area (Å²) in [6, 6.07) is 13.7. The molecule has 4 nitrogen and oxygen atoms in total. The van der Waals surface area contributed by atoms with Gasteiger partial charge < -0.3 is 10.2 Å². The molecule has 1 heterocycles. The summed E-state index contributed by atoms with van der Waals surface area (Å²) in [6.45, 7) is 0. The lowest BCUT2D eigenvalue weighted by molar-refractivity contribution is -0.135. The van der Waals surface area contributed by atoms with E-state index in [1.807, 2.05) is 24.3 Å². The first-order chi connectivity index (χ1) is 9.65. The molecule has 0 unspecified atom stereocenters. The summed E-state index contributed by atoms with van der Waals surface area (Å²) >= 11 is 0. The zero-order valence-corrected chi connectivity index (χ0v) is 10.9. The number of nitrogens with zero attached hydrogens (tertiary/aromatic N) is 1. The van der Waals surface area contributed by atoms with Gasteiger partial charge in [0.2, 0.25) is 5.76 Å². The Labute approximate surface area is 117 Å². The summed E-state index contributed by atoms with van der Waals surface area (Å²) < 4.78 is 0. The van der Waals surface area contributed by atoms with Crippen LogP contribution in [0.15, 0.2) is 54.4 Å². The van der Waals surface area contributed by atoms with Crippen LogP contribution < -0.4 is 0 Å². The highest BCUT2D eigenvalue weighted by atomic mass is 16.4. The van der Waals surface area contributed by atoms with E-state index in [4.69, 9.17) is 10.2 Å². The molecule has 0 fully saturated rings. The highest BCUT2D eigenvalue weighted by molar-refractivity contribution is 5.88. The molecule has 102 valence electrons. The van der Waals surface area contributed by atoms with E-state index in [2.05, 4.69) is 17.1 Å². The summed E-state index contributed by atoms with van der Waals surface area (Å²) in [5.41, 5.74) is 2.76. The van der Waals surface area contributed by atoms with E-state index in [0.29, 0.717) is 5.69 Å². The molecular formula is C16H15NO3. The van der Waals surface area contributed by atoms with Crippen molar-refractivity contribution in [2.24, 2.45) is 0 Å². The van der Waals surface area contributed by atoms with Gasteiger partial charge in [0.25, 0.3) is 0 Å². The van der Waals surface area contributed by atoms with Gasteiger partial charge in [-0.05, 0) is 30.0 Å². The van der Waals surface area contributed by atoms with Crippen molar-refractivity contribution in [3.05, 3.63) is 71.2 Å². The second kappa shape index (κ2) is 6.52. The van der Waals surface area contributed by atoms with Gasteiger partial charge in [-0.25, -0.2) is 4.79 Å². The Kier molecular flexibility index (Phi) is 4.50. The summed E-state index contributed by atoms with van der Waals surface area (Å²) in [4.78, 5) is 14.6. The van der Waals surface area contributed by atoms with Gasteiger partial charge in [-0.15, -0.1) is 0 Å². The molecule has 0 saturated heterocycles. The van der Waals surface area contributed by atoms with Crippen LogP contribution in [0, 0.1) is 0 Å². The molecule has 0 aliphatic heterocycles. The molecule has 1 aromatic carbocycles. The van der Waals surface area contributed by atoms with E-state index in [1.54, 1.807) is 12.3 Å². The topological polar surface area (TPSA) is 70.4 Å². The number of aryl methyl sites for hydroxylation is 2. The minimum atomic E-state index is -1.36. The lowest BCUT2D eigenvalue weighted by Gasteiger charge is -2.02. The van der Waals surface area contributed by atoms with Crippen LogP contribution in [0.1, 0.15) is 16.8 Å². The predicted octanol–water partition coefficient (Wildman–Crippen LogP) is 2.85. The van der Waals surface area contributed by atoms with Gasteiger partial charge in [0.15, 0.2) is 0 Å². The van der Waals surface area contributed by atoms with Gasteiger partial charge in [-0.3, -0.25) is 4.98 Å². The van der Waals surface area contributed by atoms with E-state index >= 15 is 0 Å². The Hall–Kier alpha value is -2.62. The number of pyridine rings is 1. The molecule has 0 aliphatic rings. The van der Waals surface area contributed by atoms with E-state index in [9.17, 15) is 4.79 Å². The summed E-state index contributed by atoms with van der Waals surface area (Å²) in [6.07, 6.45) is 4.62. The molecule has 0 saturated carbocycles. The zero-order chi connectivity index (χ0) is 14.4. The number of aromatic nitrogens is 1. The van der Waals surface area contributed by atoms with Crippen molar-refractivity contribution in [3.63, 3.8) is 0 Å². The maximum absolute atomic E-state index is 10.5. The third-order valence-corrected chi connectivity index (χ3v) is 2.90. The van der Waals surface area contributed by atoms with E-state index in [0.717, 1.165) is 24.5 Å². The molecule has 4 heteroatoms. The zero-order valence-electron chi connectivity index (χ0n) is 10.9. The Morgan fingerprint density at radius 3 is 2.30 bits per heavy atom. The number of benzene rings is 1. The van der Waals surface area contributed by atoms with E-state index < -0.39 is 11.7 Å². The molecule has 0 amide bonds. The number of hydrogen-bond donors (Lipinski definition) is 2. The number of aliphatic hydroxyl groups excluding tert-OH is 1. The Morgan fingerprint density at radius 1 is 1.00 bits per heavy atom. The molecule has 0 spiro atoms. The smallest absolute Gasteiger partial charge is 0.371 e. The van der Waals surface area contributed by atoms with Gasteiger partial charge in [0.1, 0.15) is 0 Å². The molecule has 20 heavy (non-hydrogen) atoms. The van der Waals surface area contributed by atoms with Gasteiger partial charge in [0, 0.05) is 12.3 Å². The molecule has 2 N–H and O–H groups in total. The van der Waals surface area contributed by atoms with Crippen molar-refractivity contribution in [2.45, 2.75) is 12.8 Å². The van der Waals surface area contributed by atoms with Crippen molar-refractivity contribution in [3.8, 4) is 0 Å². The lowest BCUT2D eigenvalue weighted by atomic mass is 10.1. The van der Waals surface area contributed by atoms with Crippen molar-refractivity contribution < 1.29 is 15.0 Å². The summed E-state index contributed by atoms with van der Waals surface area (Å²) in [5.74, 6) is -2.07. The van der Waals surface area contributed by atoms with Crippen LogP contribution >= 0.6 is 0 Å². The summed E-state index contributed by atoms with van der Waals surface area (Å²) in [5, 5.41) is 17.7. The molecule has 1 aromatic heterocycles. The fraction of sp³-hybridized carbons (Fsp3) is 0.125. The van der Waals surface area contributed by atoms with Gasteiger partial charge in [-0.1, -0.05) is 36.4 Å². The van der Waals surface area contributed by atoms with E-state index in [1.165, 1.54) is 5.56 Å². The predicted molar refractivity (Wildman–Crippen MR) is 76.3 cm³/mol. The second-order valence-corrected chi connectivity index (χ2v) is 4.41. The number of carbonyl (C=O) groups is 1. The van der Waals surface area contributed by atoms with Crippen LogP contribution in [0.25, 0.3) is 6.08 Å². The van der Waals surface area contributed by atoms with Crippen LogP contribution in [0.2, 0.25) is 0 Å². The highest BCUT2D eigenvalue weighted by Gasteiger charge is 2.04. The molecule has 2 rings (SSSR count). The maximum Gasteiger partial charge on any atom is 0.371 e. The second-order valence-electron chi connectivity index (χ2n) is 4.41. The molecule has 0 radical (unpaired) electrons. The van der Waals surface area contributed by atoms with Gasteiger partial charge in [-0.2, -0.15) is 0 Å². The Bertz CT molecular complexity index is 603. The monoisotopic (exact) mass is 269 g/mol. The van der Waals surface area contributed by atoms with Gasteiger partial charge in [0.05, 0.1) is 5.69 Å². The minimum absolute atomic E-state index is 0.424. The number of rotatable bonds is 5. The third-order valence-electron chi connectivity index (χ3n) is 2.90. The lowest BCUT2D eigenvalue weighted by Crippen LogP contribution is -1.99. The first kappa shape index (κ1) is 13.8. The normalized spacial score (nSPS) is 11.3. The first-order valence-electron chi connectivity index (χ1n) is 6.28. The number of carboxylic acids is 1. The van der Waals surface area contributed by atoms with E-state index in [-0.39, 0.29) is 0 Å². The fourth-order valence-corrected chi connectivity index (χ4v) is 1.80. The molecular weight excluding hydrogens is 254 g/mol.